The van der Waals surface area contributed by atoms with Crippen molar-refractivity contribution in [1.29, 1.82) is 0 Å². The second-order valence-electron chi connectivity index (χ2n) is 4.67. The fourth-order valence-corrected chi connectivity index (χ4v) is 3.09. The van der Waals surface area contributed by atoms with Gasteiger partial charge in [0.2, 0.25) is 0 Å². The van der Waals surface area contributed by atoms with E-state index in [4.69, 9.17) is 0 Å². The highest BCUT2D eigenvalue weighted by Gasteiger charge is 2.09. The van der Waals surface area contributed by atoms with Crippen LogP contribution in [0.2, 0.25) is 0 Å². The van der Waals surface area contributed by atoms with Gasteiger partial charge in [-0.05, 0) is 41.6 Å². The Hall–Kier alpha value is -2.07. The van der Waals surface area contributed by atoms with Crippen LogP contribution in [0.25, 0.3) is 11.3 Å². The summed E-state index contributed by atoms with van der Waals surface area (Å²) in [5.41, 5.74) is 3.34. The molecule has 3 aromatic rings. The summed E-state index contributed by atoms with van der Waals surface area (Å²) in [5.74, 6) is 0. The van der Waals surface area contributed by atoms with Crippen molar-refractivity contribution in [2.75, 3.05) is 5.32 Å². The first-order valence-electron chi connectivity index (χ1n) is 6.76. The number of H-pyrrole nitrogens is 1. The lowest BCUT2D eigenvalue weighted by Crippen LogP contribution is -2.07. The number of aromatic nitrogens is 2. The molecule has 1 aromatic carbocycles. The molecule has 0 spiro atoms. The molecule has 2 heterocycles. The summed E-state index contributed by atoms with van der Waals surface area (Å²) in [5, 5.41) is 12.7. The van der Waals surface area contributed by atoms with Crippen molar-refractivity contribution in [3.05, 3.63) is 58.9 Å². The van der Waals surface area contributed by atoms with Gasteiger partial charge in [0.1, 0.15) is 0 Å². The number of benzene rings is 1. The molecule has 1 atom stereocenters. The van der Waals surface area contributed by atoms with Gasteiger partial charge >= 0.3 is 0 Å². The Kier molecular flexibility index (Phi) is 3.83. The minimum atomic E-state index is 0.382. The number of nitrogens with zero attached hydrogens (tertiary/aromatic N) is 1. The van der Waals surface area contributed by atoms with Crippen LogP contribution in [0, 0.1) is 0 Å². The maximum Gasteiger partial charge on any atom is 0.0650 e. The molecule has 3 nitrogen and oxygen atoms in total. The third kappa shape index (κ3) is 2.75. The second kappa shape index (κ2) is 5.92. The zero-order valence-corrected chi connectivity index (χ0v) is 12.2. The van der Waals surface area contributed by atoms with Crippen LogP contribution >= 0.6 is 11.3 Å². The summed E-state index contributed by atoms with van der Waals surface area (Å²) in [7, 11) is 0. The molecule has 0 saturated carbocycles. The van der Waals surface area contributed by atoms with Crippen molar-refractivity contribution < 1.29 is 0 Å². The van der Waals surface area contributed by atoms with Gasteiger partial charge in [-0.15, -0.1) is 11.3 Å². The molecule has 0 aliphatic heterocycles. The molecule has 4 heteroatoms. The molecular formula is C16H17N3S. The van der Waals surface area contributed by atoms with Crippen LogP contribution in [0.5, 0.6) is 0 Å². The minimum absolute atomic E-state index is 0.382. The largest absolute Gasteiger partial charge is 0.377 e. The Balaban J connectivity index is 1.75. The average molecular weight is 283 g/mol. The van der Waals surface area contributed by atoms with Gasteiger partial charge in [0.05, 0.1) is 11.7 Å². The molecule has 3 rings (SSSR count). The van der Waals surface area contributed by atoms with E-state index in [0.717, 1.165) is 23.4 Å². The zero-order valence-electron chi connectivity index (χ0n) is 11.3. The number of hydrogen-bond donors (Lipinski definition) is 2. The molecule has 2 N–H and O–H groups in total. The van der Waals surface area contributed by atoms with Crippen LogP contribution in [-0.2, 0) is 0 Å². The number of thiophene rings is 1. The molecule has 1 unspecified atom stereocenters. The van der Waals surface area contributed by atoms with Crippen molar-refractivity contribution in [3.63, 3.8) is 0 Å². The fourth-order valence-electron chi connectivity index (χ4n) is 2.23. The number of anilines is 1. The smallest absolute Gasteiger partial charge is 0.0650 e. The number of rotatable bonds is 5. The maximum atomic E-state index is 3.98. The molecule has 0 radical (unpaired) electrons. The number of hydrogen-bond acceptors (Lipinski definition) is 3. The van der Waals surface area contributed by atoms with Gasteiger partial charge in [0.25, 0.3) is 0 Å². The van der Waals surface area contributed by atoms with Gasteiger partial charge in [-0.25, -0.2) is 0 Å². The average Bonchev–Trinajstić information content (AvgIpc) is 3.18. The van der Waals surface area contributed by atoms with Crippen molar-refractivity contribution in [2.45, 2.75) is 19.4 Å². The lowest BCUT2D eigenvalue weighted by Gasteiger charge is -2.17. The summed E-state index contributed by atoms with van der Waals surface area (Å²) in [4.78, 5) is 1.38. The Morgan fingerprint density at radius 2 is 2.05 bits per heavy atom. The van der Waals surface area contributed by atoms with Gasteiger partial charge < -0.3 is 5.32 Å². The molecule has 0 saturated heterocycles. The monoisotopic (exact) mass is 283 g/mol. The Morgan fingerprint density at radius 1 is 1.20 bits per heavy atom. The first kappa shape index (κ1) is 12.9. The predicted molar refractivity (Wildman–Crippen MR) is 85.0 cm³/mol. The van der Waals surface area contributed by atoms with E-state index in [1.807, 2.05) is 6.07 Å². The van der Waals surface area contributed by atoms with E-state index in [-0.39, 0.29) is 0 Å². The van der Waals surface area contributed by atoms with Crippen molar-refractivity contribution >= 4 is 17.0 Å². The van der Waals surface area contributed by atoms with E-state index in [2.05, 4.69) is 64.2 Å². The van der Waals surface area contributed by atoms with Crippen LogP contribution in [0.15, 0.2) is 54.0 Å². The highest BCUT2D eigenvalue weighted by Crippen LogP contribution is 2.27. The number of nitrogens with one attached hydrogen (secondary N) is 2. The summed E-state index contributed by atoms with van der Waals surface area (Å²) in [6.45, 7) is 2.20. The van der Waals surface area contributed by atoms with E-state index in [0.29, 0.717) is 6.04 Å². The fraction of sp³-hybridized carbons (Fsp3) is 0.188. The maximum absolute atomic E-state index is 3.98. The SMILES string of the molecule is CCC(Nc1ccc(-c2ccn[nH]2)cc1)c1cccs1. The van der Waals surface area contributed by atoms with Gasteiger partial charge in [0, 0.05) is 16.8 Å². The van der Waals surface area contributed by atoms with Gasteiger partial charge in [-0.2, -0.15) is 5.10 Å². The second-order valence-corrected chi connectivity index (χ2v) is 5.65. The first-order valence-corrected chi connectivity index (χ1v) is 7.64. The Labute approximate surface area is 122 Å². The lowest BCUT2D eigenvalue weighted by atomic mass is 10.1. The van der Waals surface area contributed by atoms with Crippen LogP contribution in [-0.4, -0.2) is 10.2 Å². The van der Waals surface area contributed by atoms with Crippen molar-refractivity contribution in [2.24, 2.45) is 0 Å². The molecule has 0 aliphatic rings. The Bertz CT molecular complexity index is 627. The molecule has 0 amide bonds. The van der Waals surface area contributed by atoms with E-state index in [1.54, 1.807) is 17.5 Å². The highest BCUT2D eigenvalue weighted by atomic mass is 32.1. The minimum Gasteiger partial charge on any atom is -0.377 e. The topological polar surface area (TPSA) is 40.7 Å². The summed E-state index contributed by atoms with van der Waals surface area (Å²) in [6.07, 6.45) is 2.84. The third-order valence-electron chi connectivity index (χ3n) is 3.33. The molecule has 102 valence electrons. The molecule has 2 aromatic heterocycles. The summed E-state index contributed by atoms with van der Waals surface area (Å²) in [6, 6.07) is 15.1. The van der Waals surface area contributed by atoms with E-state index < -0.39 is 0 Å². The Morgan fingerprint density at radius 3 is 2.65 bits per heavy atom. The number of aromatic amines is 1. The van der Waals surface area contributed by atoms with Gasteiger partial charge in [-0.1, -0.05) is 25.1 Å². The lowest BCUT2D eigenvalue weighted by molar-refractivity contribution is 0.764. The van der Waals surface area contributed by atoms with E-state index >= 15 is 0 Å². The van der Waals surface area contributed by atoms with Crippen molar-refractivity contribution in [3.8, 4) is 11.3 Å². The highest BCUT2D eigenvalue weighted by molar-refractivity contribution is 7.10. The quantitative estimate of drug-likeness (QED) is 0.712. The van der Waals surface area contributed by atoms with Crippen LogP contribution in [0.4, 0.5) is 5.69 Å². The molecule has 0 fully saturated rings. The van der Waals surface area contributed by atoms with Gasteiger partial charge in [0.15, 0.2) is 0 Å². The van der Waals surface area contributed by atoms with E-state index in [1.165, 1.54) is 4.88 Å². The third-order valence-corrected chi connectivity index (χ3v) is 4.32. The van der Waals surface area contributed by atoms with E-state index in [9.17, 15) is 0 Å². The van der Waals surface area contributed by atoms with Crippen LogP contribution in [0.3, 0.4) is 0 Å². The van der Waals surface area contributed by atoms with Crippen LogP contribution < -0.4 is 5.32 Å². The zero-order chi connectivity index (χ0) is 13.8. The molecule has 20 heavy (non-hydrogen) atoms. The summed E-state index contributed by atoms with van der Waals surface area (Å²) >= 11 is 1.80. The van der Waals surface area contributed by atoms with Gasteiger partial charge in [-0.3, -0.25) is 5.10 Å². The molecule has 0 bridgehead atoms. The standard InChI is InChI=1S/C16H17N3S/c1-2-14(16-4-3-11-20-16)18-13-7-5-12(6-8-13)15-9-10-17-19-15/h3-11,14,18H,2H2,1H3,(H,17,19). The molecular weight excluding hydrogens is 266 g/mol. The molecule has 0 aliphatic carbocycles. The predicted octanol–water partition coefficient (Wildman–Crippen LogP) is 4.70. The first-order chi connectivity index (χ1) is 9.86. The summed E-state index contributed by atoms with van der Waals surface area (Å²) < 4.78 is 0. The van der Waals surface area contributed by atoms with Crippen molar-refractivity contribution in [1.82, 2.24) is 10.2 Å². The van der Waals surface area contributed by atoms with Crippen LogP contribution in [0.1, 0.15) is 24.3 Å². The normalized spacial score (nSPS) is 12.2.